The van der Waals surface area contributed by atoms with Gasteiger partial charge in [-0.25, -0.2) is 0 Å². The predicted octanol–water partition coefficient (Wildman–Crippen LogP) is 3.28. The van der Waals surface area contributed by atoms with E-state index in [2.05, 4.69) is 38.1 Å². The zero-order chi connectivity index (χ0) is 19.9. The number of rotatable bonds is 10. The Balaban J connectivity index is 2.04. The van der Waals surface area contributed by atoms with Gasteiger partial charge in [-0.1, -0.05) is 50.2 Å². The molecule has 0 bridgehead atoms. The van der Waals surface area contributed by atoms with Crippen molar-refractivity contribution in [1.82, 2.24) is 0 Å². The summed E-state index contributed by atoms with van der Waals surface area (Å²) in [6.45, 7) is 4.10. The maximum absolute atomic E-state index is 9.59. The average molecular weight is 393 g/mol. The van der Waals surface area contributed by atoms with E-state index in [1.165, 1.54) is 11.1 Å². The van der Waals surface area contributed by atoms with E-state index in [1.807, 2.05) is 24.3 Å². The van der Waals surface area contributed by atoms with Gasteiger partial charge in [0, 0.05) is 11.3 Å². The molecule has 27 heavy (non-hydrogen) atoms. The Morgan fingerprint density at radius 3 is 2.00 bits per heavy atom. The lowest BCUT2D eigenvalue weighted by atomic mass is 9.78. The van der Waals surface area contributed by atoms with Crippen LogP contribution in [0.15, 0.2) is 48.5 Å². The smallest absolute Gasteiger partial charge is 0.119 e. The minimum Gasteiger partial charge on any atom is -0.491 e. The first-order valence-electron chi connectivity index (χ1n) is 9.22. The van der Waals surface area contributed by atoms with Crippen LogP contribution in [0.1, 0.15) is 37.0 Å². The van der Waals surface area contributed by atoms with Crippen molar-refractivity contribution in [2.24, 2.45) is 0 Å². The molecule has 0 aromatic heterocycles. The van der Waals surface area contributed by atoms with E-state index in [-0.39, 0.29) is 24.5 Å². The first kappa shape index (κ1) is 21.7. The highest BCUT2D eigenvalue weighted by molar-refractivity contribution is 6.18. The van der Waals surface area contributed by atoms with Gasteiger partial charge in [0.25, 0.3) is 0 Å². The highest BCUT2D eigenvalue weighted by Crippen LogP contribution is 2.32. The summed E-state index contributed by atoms with van der Waals surface area (Å²) in [4.78, 5) is 0. The van der Waals surface area contributed by atoms with Crippen LogP contribution in [0, 0.1) is 0 Å². The van der Waals surface area contributed by atoms with Gasteiger partial charge >= 0.3 is 0 Å². The van der Waals surface area contributed by atoms with E-state index >= 15 is 0 Å². The summed E-state index contributed by atoms with van der Waals surface area (Å²) in [5.74, 6) is 0.930. The van der Waals surface area contributed by atoms with Gasteiger partial charge < -0.3 is 20.1 Å². The molecular formula is C22H29ClO4. The lowest BCUT2D eigenvalue weighted by molar-refractivity contribution is 0.0536. The van der Waals surface area contributed by atoms with Crippen LogP contribution < -0.4 is 4.74 Å². The van der Waals surface area contributed by atoms with Gasteiger partial charge in [0.05, 0.1) is 12.7 Å². The third-order valence-electron chi connectivity index (χ3n) is 4.85. The quantitative estimate of drug-likeness (QED) is 0.543. The number of hydrogen-bond acceptors (Lipinski definition) is 4. The van der Waals surface area contributed by atoms with Gasteiger partial charge in [0.1, 0.15) is 18.5 Å². The SMILES string of the molecule is CC(C)(c1ccc(CC[C@@H](O)CCl)cc1)c1ccc(OC[C@@H](O)CO)cc1. The van der Waals surface area contributed by atoms with E-state index in [9.17, 15) is 10.2 Å². The molecule has 3 N–H and O–H groups in total. The fraction of sp³-hybridized carbons (Fsp3) is 0.455. The molecule has 4 nitrogen and oxygen atoms in total. The molecule has 0 aliphatic heterocycles. The number of aliphatic hydroxyl groups excluding tert-OH is 3. The summed E-state index contributed by atoms with van der Waals surface area (Å²) >= 11 is 5.64. The molecule has 2 atom stereocenters. The first-order valence-corrected chi connectivity index (χ1v) is 9.76. The first-order chi connectivity index (χ1) is 12.9. The minimum absolute atomic E-state index is 0.0686. The topological polar surface area (TPSA) is 69.9 Å². The van der Waals surface area contributed by atoms with Crippen LogP contribution in [0.25, 0.3) is 0 Å². The number of aliphatic hydroxyl groups is 3. The van der Waals surface area contributed by atoms with Crippen molar-refractivity contribution in [3.05, 3.63) is 65.2 Å². The van der Waals surface area contributed by atoms with Crippen molar-refractivity contribution >= 4 is 11.6 Å². The Morgan fingerprint density at radius 1 is 0.926 bits per heavy atom. The zero-order valence-corrected chi connectivity index (χ0v) is 16.7. The van der Waals surface area contributed by atoms with Crippen molar-refractivity contribution in [2.45, 2.75) is 44.3 Å². The number of benzene rings is 2. The molecule has 148 valence electrons. The molecule has 0 unspecified atom stereocenters. The normalized spacial score (nSPS) is 14.0. The van der Waals surface area contributed by atoms with Crippen molar-refractivity contribution in [3.8, 4) is 5.75 Å². The van der Waals surface area contributed by atoms with E-state index in [1.54, 1.807) is 0 Å². The summed E-state index contributed by atoms with van der Waals surface area (Å²) in [5, 5.41) is 27.8. The minimum atomic E-state index is -0.870. The van der Waals surface area contributed by atoms with E-state index in [0.717, 1.165) is 12.0 Å². The van der Waals surface area contributed by atoms with Crippen LogP contribution in [-0.2, 0) is 11.8 Å². The van der Waals surface area contributed by atoms with Gasteiger partial charge in [-0.05, 0) is 41.7 Å². The highest BCUT2D eigenvalue weighted by atomic mass is 35.5. The molecule has 0 spiro atoms. The second kappa shape index (κ2) is 10.1. The molecule has 0 saturated carbocycles. The fourth-order valence-corrected chi connectivity index (χ4v) is 3.03. The summed E-state index contributed by atoms with van der Waals surface area (Å²) < 4.78 is 5.46. The highest BCUT2D eigenvalue weighted by Gasteiger charge is 2.23. The van der Waals surface area contributed by atoms with Gasteiger partial charge in [-0.15, -0.1) is 11.6 Å². The van der Waals surface area contributed by atoms with E-state index in [4.69, 9.17) is 21.4 Å². The van der Waals surface area contributed by atoms with Gasteiger partial charge in [0.2, 0.25) is 0 Å². The van der Waals surface area contributed by atoms with Gasteiger partial charge in [-0.3, -0.25) is 0 Å². The van der Waals surface area contributed by atoms with Crippen LogP contribution in [0.5, 0.6) is 5.75 Å². The molecular weight excluding hydrogens is 364 g/mol. The number of ether oxygens (including phenoxy) is 1. The molecule has 2 aromatic rings. The number of halogens is 1. The molecule has 2 aromatic carbocycles. The third kappa shape index (κ3) is 6.22. The van der Waals surface area contributed by atoms with Crippen molar-refractivity contribution in [1.29, 1.82) is 0 Å². The maximum atomic E-state index is 9.59. The van der Waals surface area contributed by atoms with Crippen LogP contribution in [-0.4, -0.2) is 46.6 Å². The Morgan fingerprint density at radius 2 is 1.48 bits per heavy atom. The summed E-state index contributed by atoms with van der Waals surface area (Å²) in [5.41, 5.74) is 3.37. The molecule has 0 fully saturated rings. The second-order valence-corrected chi connectivity index (χ2v) is 7.65. The van der Waals surface area contributed by atoms with Crippen LogP contribution in [0.3, 0.4) is 0 Å². The predicted molar refractivity (Wildman–Crippen MR) is 109 cm³/mol. The molecule has 0 aliphatic carbocycles. The monoisotopic (exact) mass is 392 g/mol. The molecule has 2 rings (SSSR count). The molecule has 5 heteroatoms. The van der Waals surface area contributed by atoms with Crippen LogP contribution in [0.4, 0.5) is 0 Å². The Hall–Kier alpha value is -1.59. The van der Waals surface area contributed by atoms with Gasteiger partial charge in [0.15, 0.2) is 0 Å². The lowest BCUT2D eigenvalue weighted by Crippen LogP contribution is -2.21. The van der Waals surface area contributed by atoms with Crippen molar-refractivity contribution < 1.29 is 20.1 Å². The largest absolute Gasteiger partial charge is 0.491 e. The molecule has 0 heterocycles. The molecule has 0 saturated heterocycles. The van der Waals surface area contributed by atoms with E-state index < -0.39 is 12.2 Å². The number of hydrogen-bond donors (Lipinski definition) is 3. The zero-order valence-electron chi connectivity index (χ0n) is 15.9. The van der Waals surface area contributed by atoms with Crippen molar-refractivity contribution in [3.63, 3.8) is 0 Å². The van der Waals surface area contributed by atoms with Crippen molar-refractivity contribution in [2.75, 3.05) is 19.1 Å². The maximum Gasteiger partial charge on any atom is 0.119 e. The molecule has 0 aliphatic rings. The van der Waals surface area contributed by atoms with Gasteiger partial charge in [-0.2, -0.15) is 0 Å². The summed E-state index contributed by atoms with van der Waals surface area (Å²) in [6.07, 6.45) is 0.145. The Labute approximate surface area is 166 Å². The summed E-state index contributed by atoms with van der Waals surface area (Å²) in [7, 11) is 0. The fourth-order valence-electron chi connectivity index (χ4n) is 2.88. The van der Waals surface area contributed by atoms with Crippen LogP contribution in [0.2, 0.25) is 0 Å². The lowest BCUT2D eigenvalue weighted by Gasteiger charge is -2.26. The number of alkyl halides is 1. The summed E-state index contributed by atoms with van der Waals surface area (Å²) in [6, 6.07) is 16.3. The third-order valence-corrected chi connectivity index (χ3v) is 5.21. The Kier molecular flexibility index (Phi) is 8.11. The standard InChI is InChI=1S/C22H29ClO4/c1-22(2,17-6-3-16(4-7-17)5-10-19(25)13-23)18-8-11-21(12-9-18)27-15-20(26)14-24/h3-4,6-9,11-12,19-20,24-26H,5,10,13-15H2,1-2H3/t19-,20+/m1/s1. The molecule has 0 radical (unpaired) electrons. The van der Waals surface area contributed by atoms with E-state index in [0.29, 0.717) is 12.2 Å². The Bertz CT molecular complexity index is 623. The van der Waals surface area contributed by atoms with Crippen LogP contribution >= 0.6 is 11.6 Å². The second-order valence-electron chi connectivity index (χ2n) is 7.34. The average Bonchev–Trinajstić information content (AvgIpc) is 2.70. The number of aryl methyl sites for hydroxylation is 1. The molecule has 0 amide bonds.